The van der Waals surface area contributed by atoms with Gasteiger partial charge >= 0.3 is 5.97 Å². The molecule has 1 rings (SSSR count). The average molecular weight is 240 g/mol. The van der Waals surface area contributed by atoms with Gasteiger partial charge < -0.3 is 5.11 Å². The molecule has 0 heterocycles. The van der Waals surface area contributed by atoms with Crippen LogP contribution in [0.25, 0.3) is 0 Å². The quantitative estimate of drug-likeness (QED) is 0.803. The van der Waals surface area contributed by atoms with E-state index in [4.69, 9.17) is 5.11 Å². The third-order valence-corrected chi connectivity index (χ3v) is 3.60. The number of carboxylic acid groups (broad SMARTS) is 1. The third-order valence-electron chi connectivity index (χ3n) is 3.60. The maximum Gasteiger partial charge on any atom is 0.304 e. The van der Waals surface area contributed by atoms with Gasteiger partial charge in [0.2, 0.25) is 0 Å². The molecule has 1 aliphatic carbocycles. The van der Waals surface area contributed by atoms with Gasteiger partial charge in [-0.2, -0.15) is 0 Å². The van der Waals surface area contributed by atoms with E-state index in [9.17, 15) is 9.59 Å². The fourth-order valence-corrected chi connectivity index (χ4v) is 2.54. The highest BCUT2D eigenvalue weighted by atomic mass is 16.4. The van der Waals surface area contributed by atoms with Crippen LogP contribution in [-0.4, -0.2) is 16.9 Å². The Morgan fingerprint density at radius 2 is 1.53 bits per heavy atom. The molecule has 0 spiro atoms. The predicted molar refractivity (Wildman–Crippen MR) is 66.9 cm³/mol. The lowest BCUT2D eigenvalue weighted by atomic mass is 9.89. The van der Waals surface area contributed by atoms with E-state index in [0.29, 0.717) is 6.42 Å². The molecule has 0 aromatic rings. The van der Waals surface area contributed by atoms with Gasteiger partial charge in [-0.15, -0.1) is 0 Å². The Hall–Kier alpha value is -0.860. The van der Waals surface area contributed by atoms with Gasteiger partial charge in [-0.25, -0.2) is 0 Å². The first-order chi connectivity index (χ1) is 8.20. The molecular formula is C14H24O3. The summed E-state index contributed by atoms with van der Waals surface area (Å²) in [6.45, 7) is 0. The van der Waals surface area contributed by atoms with Crippen LogP contribution in [-0.2, 0) is 9.59 Å². The van der Waals surface area contributed by atoms with E-state index in [2.05, 4.69) is 0 Å². The molecule has 1 fully saturated rings. The summed E-state index contributed by atoms with van der Waals surface area (Å²) in [5.41, 5.74) is 0. The highest BCUT2D eigenvalue weighted by Gasteiger charge is 2.20. The third kappa shape index (κ3) is 6.44. The number of carboxylic acids is 1. The number of carbonyl (C=O) groups is 2. The molecule has 3 heteroatoms. The molecule has 1 N–H and O–H groups in total. The van der Waals surface area contributed by atoms with Crippen LogP contribution in [0, 0.1) is 5.92 Å². The van der Waals surface area contributed by atoms with Crippen LogP contribution in [0.3, 0.4) is 0 Å². The van der Waals surface area contributed by atoms with Gasteiger partial charge in [-0.05, 0) is 12.8 Å². The Balaban J connectivity index is 2.45. The van der Waals surface area contributed by atoms with Crippen molar-refractivity contribution in [2.75, 3.05) is 0 Å². The van der Waals surface area contributed by atoms with E-state index in [1.54, 1.807) is 0 Å². The number of ketones is 1. The molecule has 1 saturated carbocycles. The largest absolute Gasteiger partial charge is 0.481 e. The lowest BCUT2D eigenvalue weighted by Crippen LogP contribution is -2.18. The zero-order valence-corrected chi connectivity index (χ0v) is 10.6. The number of aliphatic carboxylic acids is 1. The Kier molecular flexibility index (Phi) is 6.90. The minimum atomic E-state index is -0.838. The molecule has 0 aromatic heterocycles. The summed E-state index contributed by atoms with van der Waals surface area (Å²) in [5.74, 6) is -0.893. The number of hydrogen-bond acceptors (Lipinski definition) is 2. The van der Waals surface area contributed by atoms with Gasteiger partial charge in [-0.1, -0.05) is 44.9 Å². The predicted octanol–water partition coefficient (Wildman–Crippen LogP) is 3.56. The van der Waals surface area contributed by atoms with Gasteiger partial charge in [-0.3, -0.25) is 9.59 Å². The summed E-state index contributed by atoms with van der Waals surface area (Å²) in [6, 6.07) is 0. The highest BCUT2D eigenvalue weighted by molar-refractivity contribution is 5.84. The molecule has 17 heavy (non-hydrogen) atoms. The van der Waals surface area contributed by atoms with Crippen LogP contribution in [0.4, 0.5) is 0 Å². The van der Waals surface area contributed by atoms with Crippen molar-refractivity contribution in [1.29, 1.82) is 0 Å². The molecule has 3 nitrogen and oxygen atoms in total. The first kappa shape index (κ1) is 14.2. The van der Waals surface area contributed by atoms with Crippen molar-refractivity contribution >= 4 is 11.8 Å². The number of carbonyl (C=O) groups excluding carboxylic acids is 1. The second kappa shape index (κ2) is 8.26. The van der Waals surface area contributed by atoms with Crippen LogP contribution in [0.2, 0.25) is 0 Å². The topological polar surface area (TPSA) is 54.4 Å². The van der Waals surface area contributed by atoms with Gasteiger partial charge in [0, 0.05) is 12.3 Å². The van der Waals surface area contributed by atoms with Crippen molar-refractivity contribution in [3.8, 4) is 0 Å². The van der Waals surface area contributed by atoms with Crippen molar-refractivity contribution in [1.82, 2.24) is 0 Å². The SMILES string of the molecule is O=C(O)CC1CCCCCCCCCCC1=O. The van der Waals surface area contributed by atoms with Crippen molar-refractivity contribution in [3.63, 3.8) is 0 Å². The molecule has 1 atom stereocenters. The maximum atomic E-state index is 11.9. The Morgan fingerprint density at radius 1 is 1.00 bits per heavy atom. The molecule has 0 radical (unpaired) electrons. The van der Waals surface area contributed by atoms with Crippen molar-refractivity contribution in [2.45, 2.75) is 70.6 Å². The molecule has 0 amide bonds. The second-order valence-electron chi connectivity index (χ2n) is 5.13. The number of rotatable bonds is 2. The lowest BCUT2D eigenvalue weighted by molar-refractivity contribution is -0.140. The Morgan fingerprint density at radius 3 is 2.12 bits per heavy atom. The first-order valence-corrected chi connectivity index (χ1v) is 6.94. The number of Topliss-reactive ketones (excluding diaryl/α,β-unsaturated/α-hetero) is 1. The summed E-state index contributed by atoms with van der Waals surface area (Å²) < 4.78 is 0. The van der Waals surface area contributed by atoms with Crippen LogP contribution in [0.15, 0.2) is 0 Å². The molecule has 0 aromatic carbocycles. The summed E-state index contributed by atoms with van der Waals surface area (Å²) >= 11 is 0. The van der Waals surface area contributed by atoms with E-state index in [1.165, 1.54) is 25.7 Å². The van der Waals surface area contributed by atoms with E-state index in [0.717, 1.165) is 32.1 Å². The molecule has 0 aliphatic heterocycles. The number of hydrogen-bond donors (Lipinski definition) is 1. The smallest absolute Gasteiger partial charge is 0.304 e. The monoisotopic (exact) mass is 240 g/mol. The molecule has 0 bridgehead atoms. The molecule has 98 valence electrons. The summed E-state index contributed by atoms with van der Waals surface area (Å²) in [6.07, 6.45) is 10.6. The maximum absolute atomic E-state index is 11.9. The minimum absolute atomic E-state index is 0.0266. The molecule has 1 unspecified atom stereocenters. The van der Waals surface area contributed by atoms with Crippen molar-refractivity contribution in [2.24, 2.45) is 5.92 Å². The molecule has 1 aliphatic rings. The van der Waals surface area contributed by atoms with Gasteiger partial charge in [0.1, 0.15) is 5.78 Å². The summed E-state index contributed by atoms with van der Waals surface area (Å²) in [7, 11) is 0. The standard InChI is InChI=1S/C14H24O3/c15-13-10-8-6-4-2-1-3-5-7-9-12(13)11-14(16)17/h12H,1-11H2,(H,16,17). The minimum Gasteiger partial charge on any atom is -0.481 e. The van der Waals surface area contributed by atoms with Gasteiger partial charge in [0.15, 0.2) is 0 Å². The molecular weight excluding hydrogens is 216 g/mol. The summed E-state index contributed by atoms with van der Waals surface area (Å²) in [5, 5.41) is 8.82. The van der Waals surface area contributed by atoms with E-state index in [-0.39, 0.29) is 18.1 Å². The zero-order valence-electron chi connectivity index (χ0n) is 10.6. The van der Waals surface area contributed by atoms with Crippen LogP contribution in [0.1, 0.15) is 70.6 Å². The Labute approximate surface area is 104 Å². The van der Waals surface area contributed by atoms with Crippen molar-refractivity contribution in [3.05, 3.63) is 0 Å². The van der Waals surface area contributed by atoms with E-state index >= 15 is 0 Å². The van der Waals surface area contributed by atoms with Crippen LogP contribution in [0.5, 0.6) is 0 Å². The Bertz CT molecular complexity index is 248. The lowest BCUT2D eigenvalue weighted by Gasteiger charge is -2.14. The van der Waals surface area contributed by atoms with Crippen molar-refractivity contribution < 1.29 is 14.7 Å². The van der Waals surface area contributed by atoms with Crippen LogP contribution >= 0.6 is 0 Å². The van der Waals surface area contributed by atoms with Crippen LogP contribution < -0.4 is 0 Å². The first-order valence-electron chi connectivity index (χ1n) is 6.94. The summed E-state index contributed by atoms with van der Waals surface area (Å²) in [4.78, 5) is 22.6. The average Bonchev–Trinajstić information content (AvgIpc) is 2.27. The van der Waals surface area contributed by atoms with E-state index < -0.39 is 5.97 Å². The fourth-order valence-electron chi connectivity index (χ4n) is 2.54. The van der Waals surface area contributed by atoms with E-state index in [1.807, 2.05) is 0 Å². The second-order valence-corrected chi connectivity index (χ2v) is 5.13. The normalized spacial score (nSPS) is 24.7. The molecule has 0 saturated heterocycles. The van der Waals surface area contributed by atoms with Gasteiger partial charge in [0.05, 0.1) is 6.42 Å². The highest BCUT2D eigenvalue weighted by Crippen LogP contribution is 2.21. The van der Waals surface area contributed by atoms with Gasteiger partial charge in [0.25, 0.3) is 0 Å². The fraction of sp³-hybridized carbons (Fsp3) is 0.857. The zero-order chi connectivity index (χ0) is 12.5.